The first kappa shape index (κ1) is 21.4. The van der Waals surface area contributed by atoms with Gasteiger partial charge in [-0.1, -0.05) is 30.3 Å². The molecule has 3 aromatic heterocycles. The third kappa shape index (κ3) is 3.91. The molecule has 0 unspecified atom stereocenters. The number of carbonyl (C=O) groups is 1. The first-order chi connectivity index (χ1) is 15.9. The molecule has 0 spiro atoms. The van der Waals surface area contributed by atoms with Crippen molar-refractivity contribution in [2.45, 2.75) is 13.5 Å². The number of carbonyl (C=O) groups excluding carboxylic acids is 1. The van der Waals surface area contributed by atoms with Crippen molar-refractivity contribution in [1.29, 1.82) is 0 Å². The number of nitrogens with zero attached hydrogens (tertiary/aromatic N) is 6. The van der Waals surface area contributed by atoms with Gasteiger partial charge in [-0.05, 0) is 6.92 Å². The smallest absolute Gasteiger partial charge is 0.313 e. The molecule has 0 bridgehead atoms. The molecule has 0 saturated carbocycles. The van der Waals surface area contributed by atoms with Crippen LogP contribution in [-0.4, -0.2) is 78.4 Å². The molecule has 0 radical (unpaired) electrons. The molecule has 1 fully saturated rings. The second-order valence-corrected chi connectivity index (χ2v) is 8.60. The topological polar surface area (TPSA) is 101 Å². The summed E-state index contributed by atoms with van der Waals surface area (Å²) in [6.45, 7) is 7.48. The number of rotatable bonds is 6. The van der Waals surface area contributed by atoms with Gasteiger partial charge in [0.15, 0.2) is 16.9 Å². The van der Waals surface area contributed by atoms with Crippen molar-refractivity contribution >= 4 is 22.7 Å². The maximum Gasteiger partial charge on any atom is 0.329 e. The summed E-state index contributed by atoms with van der Waals surface area (Å²) in [4.78, 5) is 48.3. The molecular weight excluding hydrogens is 422 g/mol. The SMILES string of the molecule is Cc1cn2c3c(=O)[nH]c(=O)n(C)c3nc2n1CCN1CCN(CC(=O)c2ccccc2)CC1. The number of nitrogens with one attached hydrogen (secondary N) is 1. The molecule has 1 saturated heterocycles. The van der Waals surface area contributed by atoms with Gasteiger partial charge in [-0.2, -0.15) is 4.98 Å². The number of hydrogen-bond acceptors (Lipinski definition) is 6. The predicted molar refractivity (Wildman–Crippen MR) is 125 cm³/mol. The number of aryl methyl sites for hydroxylation is 2. The van der Waals surface area contributed by atoms with Crippen molar-refractivity contribution in [3.05, 3.63) is 68.6 Å². The summed E-state index contributed by atoms with van der Waals surface area (Å²) in [5.41, 5.74) is 1.61. The fraction of sp³-hybridized carbons (Fsp3) is 0.391. The van der Waals surface area contributed by atoms with Gasteiger partial charge in [0, 0.05) is 63.8 Å². The fourth-order valence-electron chi connectivity index (χ4n) is 4.52. The molecule has 33 heavy (non-hydrogen) atoms. The molecule has 1 aliphatic heterocycles. The van der Waals surface area contributed by atoms with Crippen LogP contribution in [0.25, 0.3) is 16.9 Å². The second-order valence-electron chi connectivity index (χ2n) is 8.60. The van der Waals surface area contributed by atoms with E-state index in [0.717, 1.165) is 50.5 Å². The zero-order valence-electron chi connectivity index (χ0n) is 18.8. The van der Waals surface area contributed by atoms with Crippen LogP contribution in [0.2, 0.25) is 0 Å². The van der Waals surface area contributed by atoms with E-state index < -0.39 is 11.2 Å². The summed E-state index contributed by atoms with van der Waals surface area (Å²) in [5, 5.41) is 0. The van der Waals surface area contributed by atoms with E-state index in [2.05, 4.69) is 24.3 Å². The number of Topliss-reactive ketones (excluding diaryl/α,β-unsaturated/α-hetero) is 1. The molecule has 10 nitrogen and oxygen atoms in total. The van der Waals surface area contributed by atoms with Gasteiger partial charge in [0.25, 0.3) is 5.56 Å². The summed E-state index contributed by atoms with van der Waals surface area (Å²) in [5.74, 6) is 0.812. The number of piperazine rings is 1. The number of benzene rings is 1. The number of aromatic amines is 1. The third-order valence-corrected chi connectivity index (χ3v) is 6.48. The molecule has 1 aliphatic rings. The highest BCUT2D eigenvalue weighted by Crippen LogP contribution is 2.16. The Kier molecular flexibility index (Phi) is 5.47. The van der Waals surface area contributed by atoms with Crippen LogP contribution in [0.1, 0.15) is 16.1 Å². The predicted octanol–water partition coefficient (Wildman–Crippen LogP) is 0.485. The van der Waals surface area contributed by atoms with Gasteiger partial charge in [0.1, 0.15) is 0 Å². The zero-order chi connectivity index (χ0) is 23.1. The van der Waals surface area contributed by atoms with Gasteiger partial charge in [-0.15, -0.1) is 0 Å². The van der Waals surface area contributed by atoms with Gasteiger partial charge >= 0.3 is 5.69 Å². The van der Waals surface area contributed by atoms with E-state index in [9.17, 15) is 14.4 Å². The van der Waals surface area contributed by atoms with Gasteiger partial charge < -0.3 is 4.57 Å². The molecule has 0 amide bonds. The quantitative estimate of drug-likeness (QED) is 0.430. The Morgan fingerprint density at radius 2 is 1.73 bits per heavy atom. The van der Waals surface area contributed by atoms with Crippen LogP contribution in [0.3, 0.4) is 0 Å². The molecular formula is C23H27N7O3. The molecule has 4 heterocycles. The average Bonchev–Trinajstić information content (AvgIpc) is 3.33. The third-order valence-electron chi connectivity index (χ3n) is 6.48. The lowest BCUT2D eigenvalue weighted by molar-refractivity contribution is 0.0848. The minimum Gasteiger partial charge on any atom is -0.313 e. The molecule has 10 heteroatoms. The van der Waals surface area contributed by atoms with Gasteiger partial charge in [-0.3, -0.25) is 33.3 Å². The average molecular weight is 450 g/mol. The number of ketones is 1. The molecule has 4 aromatic rings. The van der Waals surface area contributed by atoms with E-state index >= 15 is 0 Å². The zero-order valence-corrected chi connectivity index (χ0v) is 18.8. The van der Waals surface area contributed by atoms with Crippen molar-refractivity contribution in [2.24, 2.45) is 7.05 Å². The molecule has 0 aliphatic carbocycles. The van der Waals surface area contributed by atoms with Crippen molar-refractivity contribution < 1.29 is 4.79 Å². The number of fused-ring (bicyclic) bond motifs is 3. The van der Waals surface area contributed by atoms with Gasteiger partial charge in [0.05, 0.1) is 6.54 Å². The summed E-state index contributed by atoms with van der Waals surface area (Å²) < 4.78 is 5.20. The Bertz CT molecular complexity index is 1440. The van der Waals surface area contributed by atoms with Gasteiger partial charge in [0.2, 0.25) is 5.78 Å². The normalized spacial score (nSPS) is 15.6. The largest absolute Gasteiger partial charge is 0.329 e. The summed E-state index contributed by atoms with van der Waals surface area (Å²) in [6.07, 6.45) is 1.89. The second kappa shape index (κ2) is 8.45. The lowest BCUT2D eigenvalue weighted by Gasteiger charge is -2.34. The Morgan fingerprint density at radius 3 is 2.45 bits per heavy atom. The van der Waals surface area contributed by atoms with Crippen LogP contribution < -0.4 is 11.2 Å². The number of hydrogen-bond donors (Lipinski definition) is 1. The molecule has 1 aromatic carbocycles. The Hall–Kier alpha value is -3.50. The van der Waals surface area contributed by atoms with Crippen LogP contribution in [0.5, 0.6) is 0 Å². The number of imidazole rings is 2. The van der Waals surface area contributed by atoms with Crippen LogP contribution in [0, 0.1) is 6.92 Å². The van der Waals surface area contributed by atoms with E-state index in [1.54, 1.807) is 11.4 Å². The highest BCUT2D eigenvalue weighted by molar-refractivity contribution is 5.97. The standard InChI is InChI=1S/C23H27N7O3/c1-16-14-30-19-20(26(2)23(33)25-21(19)32)24-22(30)29(16)13-12-27-8-10-28(11-9-27)15-18(31)17-6-4-3-5-7-17/h3-7,14H,8-13,15H2,1-2H3,(H,25,32,33). The lowest BCUT2D eigenvalue weighted by atomic mass is 10.1. The summed E-state index contributed by atoms with van der Waals surface area (Å²) in [7, 11) is 1.60. The minimum absolute atomic E-state index is 0.158. The van der Waals surface area contributed by atoms with E-state index in [0.29, 0.717) is 23.5 Å². The molecule has 172 valence electrons. The van der Waals surface area contributed by atoms with Crippen LogP contribution in [-0.2, 0) is 13.6 Å². The van der Waals surface area contributed by atoms with E-state index in [-0.39, 0.29) is 5.78 Å². The minimum atomic E-state index is -0.472. The van der Waals surface area contributed by atoms with Crippen LogP contribution >= 0.6 is 0 Å². The maximum absolute atomic E-state index is 12.5. The first-order valence-corrected chi connectivity index (χ1v) is 11.1. The van der Waals surface area contributed by atoms with Crippen molar-refractivity contribution in [2.75, 3.05) is 39.3 Å². The van der Waals surface area contributed by atoms with Gasteiger partial charge in [-0.25, -0.2) is 4.79 Å². The highest BCUT2D eigenvalue weighted by Gasteiger charge is 2.21. The molecule has 5 rings (SSSR count). The Labute approximate surface area is 189 Å². The van der Waals surface area contributed by atoms with Crippen molar-refractivity contribution in [3.63, 3.8) is 0 Å². The molecule has 0 atom stereocenters. The fourth-order valence-corrected chi connectivity index (χ4v) is 4.52. The Morgan fingerprint density at radius 1 is 1.03 bits per heavy atom. The van der Waals surface area contributed by atoms with Crippen molar-refractivity contribution in [1.82, 2.24) is 33.3 Å². The van der Waals surface area contributed by atoms with E-state index in [1.807, 2.05) is 43.5 Å². The highest BCUT2D eigenvalue weighted by atomic mass is 16.2. The lowest BCUT2D eigenvalue weighted by Crippen LogP contribution is -2.48. The molecule has 1 N–H and O–H groups in total. The summed E-state index contributed by atoms with van der Waals surface area (Å²) >= 11 is 0. The van der Waals surface area contributed by atoms with E-state index in [1.165, 1.54) is 4.57 Å². The maximum atomic E-state index is 12.5. The van der Waals surface area contributed by atoms with Crippen molar-refractivity contribution in [3.8, 4) is 0 Å². The Balaban J connectivity index is 1.25. The number of aromatic nitrogens is 5. The number of H-pyrrole nitrogens is 1. The summed E-state index contributed by atoms with van der Waals surface area (Å²) in [6, 6.07) is 9.43. The first-order valence-electron chi connectivity index (χ1n) is 11.1. The monoisotopic (exact) mass is 449 g/mol. The van der Waals surface area contributed by atoms with Crippen LogP contribution in [0.15, 0.2) is 46.1 Å². The van der Waals surface area contributed by atoms with E-state index in [4.69, 9.17) is 0 Å². The van der Waals surface area contributed by atoms with Crippen LogP contribution in [0.4, 0.5) is 0 Å².